The van der Waals surface area contributed by atoms with Crippen LogP contribution in [0.2, 0.25) is 0 Å². The number of rotatable bonds is 3. The van der Waals surface area contributed by atoms with Crippen LogP contribution in [0.4, 0.5) is 14.9 Å². The summed E-state index contributed by atoms with van der Waals surface area (Å²) in [7, 11) is 0. The molecule has 2 fully saturated rings. The van der Waals surface area contributed by atoms with E-state index in [4.69, 9.17) is 9.47 Å². The Morgan fingerprint density at radius 3 is 2.95 bits per heavy atom. The van der Waals surface area contributed by atoms with Crippen molar-refractivity contribution in [2.24, 2.45) is 0 Å². The number of nitro groups is 1. The molecule has 7 nitrogen and oxygen atoms in total. The van der Waals surface area contributed by atoms with E-state index in [1.807, 2.05) is 0 Å². The summed E-state index contributed by atoms with van der Waals surface area (Å²) in [4.78, 5) is 22.9. The Kier molecular flexibility index (Phi) is 2.92. The van der Waals surface area contributed by atoms with E-state index < -0.39 is 10.7 Å². The second kappa shape index (κ2) is 4.62. The van der Waals surface area contributed by atoms with Crippen LogP contribution < -0.4 is 4.74 Å². The van der Waals surface area contributed by atoms with Crippen molar-refractivity contribution < 1.29 is 23.6 Å². The number of hydrogen-bond acceptors (Lipinski definition) is 5. The van der Waals surface area contributed by atoms with Crippen molar-refractivity contribution in [1.29, 1.82) is 0 Å². The maximum Gasteiger partial charge on any atom is 0.410 e. The number of hydrogen-bond donors (Lipinski definition) is 0. The summed E-state index contributed by atoms with van der Waals surface area (Å²) >= 11 is 0. The zero-order valence-electron chi connectivity index (χ0n) is 10.3. The Labute approximate surface area is 113 Å². The summed E-state index contributed by atoms with van der Waals surface area (Å²) < 4.78 is 23.7. The standard InChI is InChI=1S/C12H11FN2O5/c13-7-1-8(15(17)18)3-10(2-7)20-11-4-9-6-19-12(16)14(9)5-11/h1-3,9,11H,4-6H2/t9?,11-/m1/s1. The third kappa shape index (κ3) is 2.24. The molecule has 2 aliphatic rings. The molecule has 0 radical (unpaired) electrons. The van der Waals surface area contributed by atoms with E-state index in [1.54, 1.807) is 4.90 Å². The lowest BCUT2D eigenvalue weighted by atomic mass is 10.2. The van der Waals surface area contributed by atoms with Gasteiger partial charge in [0.05, 0.1) is 29.6 Å². The Morgan fingerprint density at radius 1 is 1.45 bits per heavy atom. The lowest BCUT2D eigenvalue weighted by Gasteiger charge is -2.14. The lowest BCUT2D eigenvalue weighted by Crippen LogP contribution is -2.29. The molecule has 3 rings (SSSR count). The molecule has 1 amide bonds. The van der Waals surface area contributed by atoms with Crippen LogP contribution >= 0.6 is 0 Å². The monoisotopic (exact) mass is 282 g/mol. The first-order chi connectivity index (χ1) is 9.52. The molecule has 0 aromatic heterocycles. The zero-order valence-corrected chi connectivity index (χ0v) is 10.3. The summed E-state index contributed by atoms with van der Waals surface area (Å²) in [6, 6.07) is 3.06. The van der Waals surface area contributed by atoms with Gasteiger partial charge >= 0.3 is 6.09 Å². The van der Waals surface area contributed by atoms with Gasteiger partial charge in [0.1, 0.15) is 24.3 Å². The van der Waals surface area contributed by atoms with Gasteiger partial charge in [-0.3, -0.25) is 15.0 Å². The van der Waals surface area contributed by atoms with Gasteiger partial charge in [0, 0.05) is 12.5 Å². The lowest BCUT2D eigenvalue weighted by molar-refractivity contribution is -0.385. The number of fused-ring (bicyclic) bond motifs is 1. The number of cyclic esters (lactones) is 1. The number of nitrogens with zero attached hydrogens (tertiary/aromatic N) is 2. The molecule has 8 heteroatoms. The molecular formula is C12H11FN2O5. The number of halogens is 1. The van der Waals surface area contributed by atoms with Gasteiger partial charge in [0.15, 0.2) is 0 Å². The van der Waals surface area contributed by atoms with Crippen molar-refractivity contribution in [3.8, 4) is 5.75 Å². The molecule has 1 unspecified atom stereocenters. The highest BCUT2D eigenvalue weighted by Gasteiger charge is 2.42. The van der Waals surface area contributed by atoms with Gasteiger partial charge in [-0.1, -0.05) is 0 Å². The quantitative estimate of drug-likeness (QED) is 0.622. The van der Waals surface area contributed by atoms with Crippen LogP contribution in [0, 0.1) is 15.9 Å². The van der Waals surface area contributed by atoms with Gasteiger partial charge in [-0.2, -0.15) is 0 Å². The van der Waals surface area contributed by atoms with Crippen molar-refractivity contribution in [2.45, 2.75) is 18.6 Å². The molecule has 2 atom stereocenters. The predicted molar refractivity (Wildman–Crippen MR) is 63.9 cm³/mol. The van der Waals surface area contributed by atoms with Crippen LogP contribution in [-0.4, -0.2) is 41.2 Å². The molecule has 0 aliphatic carbocycles. The van der Waals surface area contributed by atoms with Gasteiger partial charge in [0.2, 0.25) is 0 Å². The molecule has 0 N–H and O–H groups in total. The maximum atomic E-state index is 13.3. The van der Waals surface area contributed by atoms with Gasteiger partial charge in [0.25, 0.3) is 5.69 Å². The molecule has 2 aliphatic heterocycles. The fraction of sp³-hybridized carbons (Fsp3) is 0.417. The normalized spacial score (nSPS) is 24.4. The molecule has 1 aromatic carbocycles. The number of carbonyl (C=O) groups is 1. The first-order valence-electron chi connectivity index (χ1n) is 6.08. The molecule has 0 spiro atoms. The minimum absolute atomic E-state index is 0.0314. The molecule has 2 heterocycles. The van der Waals surface area contributed by atoms with E-state index in [-0.39, 0.29) is 29.7 Å². The van der Waals surface area contributed by atoms with Crippen molar-refractivity contribution in [3.63, 3.8) is 0 Å². The van der Waals surface area contributed by atoms with Gasteiger partial charge in [-0.15, -0.1) is 0 Å². The van der Waals surface area contributed by atoms with Crippen LogP contribution in [0.1, 0.15) is 6.42 Å². The number of amides is 1. The number of benzene rings is 1. The summed E-state index contributed by atoms with van der Waals surface area (Å²) in [5.41, 5.74) is -0.363. The Morgan fingerprint density at radius 2 is 2.25 bits per heavy atom. The van der Waals surface area contributed by atoms with Crippen molar-refractivity contribution in [1.82, 2.24) is 4.90 Å². The predicted octanol–water partition coefficient (Wildman–Crippen LogP) is 1.71. The van der Waals surface area contributed by atoms with Crippen LogP contribution in [0.15, 0.2) is 18.2 Å². The van der Waals surface area contributed by atoms with E-state index in [0.717, 1.165) is 12.1 Å². The number of carbonyl (C=O) groups excluding carboxylic acids is 1. The molecule has 20 heavy (non-hydrogen) atoms. The van der Waals surface area contributed by atoms with Crippen molar-refractivity contribution in [2.75, 3.05) is 13.2 Å². The van der Waals surface area contributed by atoms with Gasteiger partial charge in [-0.25, -0.2) is 9.18 Å². The summed E-state index contributed by atoms with van der Waals surface area (Å²) in [6.45, 7) is 0.663. The topological polar surface area (TPSA) is 81.9 Å². The molecular weight excluding hydrogens is 271 g/mol. The minimum Gasteiger partial charge on any atom is -0.488 e. The van der Waals surface area contributed by atoms with Gasteiger partial charge in [-0.05, 0) is 0 Å². The Hall–Kier alpha value is -2.38. The summed E-state index contributed by atoms with van der Waals surface area (Å²) in [6.07, 6.45) is -0.128. The number of nitro benzene ring substituents is 1. The van der Waals surface area contributed by atoms with E-state index in [9.17, 15) is 19.3 Å². The third-order valence-electron chi connectivity index (χ3n) is 3.38. The first-order valence-corrected chi connectivity index (χ1v) is 6.08. The number of ether oxygens (including phenoxy) is 2. The Balaban J connectivity index is 1.73. The Bertz CT molecular complexity index is 579. The highest BCUT2D eigenvalue weighted by molar-refractivity contribution is 5.70. The fourth-order valence-corrected chi connectivity index (χ4v) is 2.50. The molecule has 0 bridgehead atoms. The summed E-state index contributed by atoms with van der Waals surface area (Å²) in [5, 5.41) is 10.7. The first kappa shape index (κ1) is 12.6. The van der Waals surface area contributed by atoms with Crippen LogP contribution in [0.5, 0.6) is 5.75 Å². The molecule has 0 saturated carbocycles. The average molecular weight is 282 g/mol. The summed E-state index contributed by atoms with van der Waals surface area (Å²) in [5.74, 6) is -0.636. The number of non-ortho nitro benzene ring substituents is 1. The van der Waals surface area contributed by atoms with Crippen molar-refractivity contribution >= 4 is 11.8 Å². The van der Waals surface area contributed by atoms with E-state index >= 15 is 0 Å². The van der Waals surface area contributed by atoms with Crippen LogP contribution in [0.25, 0.3) is 0 Å². The second-order valence-corrected chi connectivity index (χ2v) is 4.76. The van der Waals surface area contributed by atoms with E-state index in [2.05, 4.69) is 0 Å². The highest BCUT2D eigenvalue weighted by atomic mass is 19.1. The molecule has 2 saturated heterocycles. The second-order valence-electron chi connectivity index (χ2n) is 4.76. The average Bonchev–Trinajstić information content (AvgIpc) is 2.91. The van der Waals surface area contributed by atoms with E-state index in [0.29, 0.717) is 19.6 Å². The van der Waals surface area contributed by atoms with E-state index in [1.165, 1.54) is 6.07 Å². The SMILES string of the molecule is O=C1OCC2C[C@@H](Oc3cc(F)cc([N+](=O)[O-])c3)CN12. The zero-order chi connectivity index (χ0) is 14.3. The minimum atomic E-state index is -0.730. The van der Waals surface area contributed by atoms with Crippen molar-refractivity contribution in [3.05, 3.63) is 34.1 Å². The largest absolute Gasteiger partial charge is 0.488 e. The highest BCUT2D eigenvalue weighted by Crippen LogP contribution is 2.29. The maximum absolute atomic E-state index is 13.3. The third-order valence-corrected chi connectivity index (χ3v) is 3.38. The molecule has 106 valence electrons. The fourth-order valence-electron chi connectivity index (χ4n) is 2.50. The van der Waals surface area contributed by atoms with Crippen LogP contribution in [0.3, 0.4) is 0 Å². The van der Waals surface area contributed by atoms with Crippen LogP contribution in [-0.2, 0) is 4.74 Å². The smallest absolute Gasteiger partial charge is 0.410 e. The van der Waals surface area contributed by atoms with Gasteiger partial charge < -0.3 is 9.47 Å². The molecule has 1 aromatic rings.